The van der Waals surface area contributed by atoms with Gasteiger partial charge in [-0.15, -0.1) is 0 Å². The molecule has 2 amide bonds. The van der Waals surface area contributed by atoms with Crippen LogP contribution in [0.25, 0.3) is 0 Å². The maximum absolute atomic E-state index is 13.1. The van der Waals surface area contributed by atoms with Crippen molar-refractivity contribution in [2.45, 2.75) is 16.6 Å². The van der Waals surface area contributed by atoms with Gasteiger partial charge in [-0.3, -0.25) is 19.5 Å². The van der Waals surface area contributed by atoms with Crippen molar-refractivity contribution >= 4 is 29.3 Å². The highest BCUT2D eigenvalue weighted by atomic mass is 32.2. The van der Waals surface area contributed by atoms with Gasteiger partial charge in [0.15, 0.2) is 0 Å². The van der Waals surface area contributed by atoms with Gasteiger partial charge in [-0.2, -0.15) is 13.2 Å². The number of pyridine rings is 2. The third kappa shape index (κ3) is 7.51. The maximum Gasteiger partial charge on any atom is 0.416 e. The molecule has 1 aliphatic rings. The molecule has 0 aliphatic carbocycles. The molecule has 0 radical (unpaired) electrons. The van der Waals surface area contributed by atoms with Crippen LogP contribution in [0.4, 0.5) is 18.9 Å². The zero-order valence-corrected chi connectivity index (χ0v) is 20.5. The van der Waals surface area contributed by atoms with Crippen molar-refractivity contribution in [1.82, 2.24) is 25.5 Å². The molecule has 0 spiro atoms. The summed E-state index contributed by atoms with van der Waals surface area (Å²) in [4.78, 5) is 36.3. The van der Waals surface area contributed by atoms with E-state index in [0.29, 0.717) is 5.03 Å². The minimum Gasteiger partial charge on any atom is -0.339 e. The lowest BCUT2D eigenvalue weighted by molar-refractivity contribution is -0.137. The van der Waals surface area contributed by atoms with Gasteiger partial charge in [-0.25, -0.2) is 4.98 Å². The molecule has 194 valence electrons. The molecule has 3 N–H and O–H groups in total. The number of alkyl halides is 3. The highest BCUT2D eigenvalue weighted by Gasteiger charge is 2.30. The first-order valence-corrected chi connectivity index (χ1v) is 12.4. The first-order chi connectivity index (χ1) is 17.8. The molecule has 12 heteroatoms. The molecule has 1 fully saturated rings. The van der Waals surface area contributed by atoms with Crippen LogP contribution in [0.3, 0.4) is 0 Å². The normalized spacial score (nSPS) is 15.1. The lowest BCUT2D eigenvalue weighted by atomic mass is 10.2. The number of anilines is 1. The van der Waals surface area contributed by atoms with Crippen LogP contribution in [0, 0.1) is 0 Å². The molecule has 37 heavy (non-hydrogen) atoms. The predicted molar refractivity (Wildman–Crippen MR) is 134 cm³/mol. The van der Waals surface area contributed by atoms with E-state index in [1.807, 2.05) is 0 Å². The van der Waals surface area contributed by atoms with Gasteiger partial charge in [0.05, 0.1) is 17.7 Å². The summed E-state index contributed by atoms with van der Waals surface area (Å²) < 4.78 is 39.2. The molecule has 0 saturated carbocycles. The van der Waals surface area contributed by atoms with E-state index in [1.54, 1.807) is 30.6 Å². The third-order valence-corrected chi connectivity index (χ3v) is 6.75. The molecule has 1 unspecified atom stereocenters. The lowest BCUT2D eigenvalue weighted by Gasteiger charge is -2.27. The fourth-order valence-electron chi connectivity index (χ4n) is 3.72. The Morgan fingerprint density at radius 3 is 2.54 bits per heavy atom. The summed E-state index contributed by atoms with van der Waals surface area (Å²) in [5, 5.41) is 8.51. The van der Waals surface area contributed by atoms with Crippen molar-refractivity contribution in [3.05, 3.63) is 83.8 Å². The fraction of sp³-hybridized carbons (Fsp3) is 0.280. The number of hydrogen-bond acceptors (Lipinski definition) is 7. The average Bonchev–Trinajstić information content (AvgIpc) is 2.89. The summed E-state index contributed by atoms with van der Waals surface area (Å²) >= 11 is 1.16. The van der Waals surface area contributed by atoms with E-state index >= 15 is 0 Å². The summed E-state index contributed by atoms with van der Waals surface area (Å²) in [5.74, 6) is -0.794. The van der Waals surface area contributed by atoms with Crippen molar-refractivity contribution in [1.29, 1.82) is 0 Å². The van der Waals surface area contributed by atoms with E-state index in [1.165, 1.54) is 24.4 Å². The molecule has 2 aromatic heterocycles. The second-order valence-corrected chi connectivity index (χ2v) is 9.35. The Labute approximate surface area is 216 Å². The summed E-state index contributed by atoms with van der Waals surface area (Å²) in [7, 11) is 0. The first kappa shape index (κ1) is 26.6. The van der Waals surface area contributed by atoms with E-state index in [-0.39, 0.29) is 23.7 Å². The number of amides is 2. The molecule has 4 rings (SSSR count). The van der Waals surface area contributed by atoms with Gasteiger partial charge in [0.1, 0.15) is 10.4 Å². The smallest absolute Gasteiger partial charge is 0.339 e. The number of rotatable bonds is 8. The molecule has 3 aromatic rings. The van der Waals surface area contributed by atoms with Gasteiger partial charge in [-0.1, -0.05) is 17.8 Å². The number of hydrogen-bond donors (Lipinski definition) is 3. The van der Waals surface area contributed by atoms with Gasteiger partial charge in [0, 0.05) is 50.5 Å². The van der Waals surface area contributed by atoms with E-state index < -0.39 is 23.0 Å². The Bertz CT molecular complexity index is 1220. The summed E-state index contributed by atoms with van der Waals surface area (Å²) in [5.41, 5.74) is 0.0644. The standard InChI is InChI=1S/C25H25F3N6O2S/c26-25(27,28)18-3-1-4-19(15-18)32-22(36)20-5-2-8-31-24(20)37-23(17-6-9-29-10-7-17)33-21(35)16-34-13-11-30-12-14-34/h1-10,15,23,30H,11-14,16H2,(H,32,36)(H,33,35). The van der Waals surface area contributed by atoms with Crippen molar-refractivity contribution in [2.24, 2.45) is 0 Å². The molecule has 0 bridgehead atoms. The number of aromatic nitrogens is 2. The van der Waals surface area contributed by atoms with Crippen LogP contribution in [0.2, 0.25) is 0 Å². The largest absolute Gasteiger partial charge is 0.416 e. The van der Waals surface area contributed by atoms with E-state index in [2.05, 4.69) is 30.8 Å². The number of nitrogens with zero attached hydrogens (tertiary/aromatic N) is 3. The molecule has 1 saturated heterocycles. The zero-order chi connectivity index (χ0) is 26.3. The first-order valence-electron chi connectivity index (χ1n) is 11.5. The Morgan fingerprint density at radius 1 is 1.05 bits per heavy atom. The molecule has 3 heterocycles. The number of piperazine rings is 1. The average molecular weight is 531 g/mol. The van der Waals surface area contributed by atoms with Crippen LogP contribution in [0.1, 0.15) is 26.9 Å². The van der Waals surface area contributed by atoms with Gasteiger partial charge in [-0.05, 0) is 48.0 Å². The van der Waals surface area contributed by atoms with Crippen molar-refractivity contribution in [2.75, 3.05) is 38.0 Å². The second-order valence-electron chi connectivity index (χ2n) is 8.26. The summed E-state index contributed by atoms with van der Waals surface area (Å²) in [6.07, 6.45) is 0.183. The number of thioether (sulfide) groups is 1. The number of nitrogens with one attached hydrogen (secondary N) is 3. The Hall–Kier alpha value is -3.48. The maximum atomic E-state index is 13.1. The molecular weight excluding hydrogens is 505 g/mol. The van der Waals surface area contributed by atoms with Crippen molar-refractivity contribution < 1.29 is 22.8 Å². The minimum atomic E-state index is -4.53. The monoisotopic (exact) mass is 530 g/mol. The van der Waals surface area contributed by atoms with Crippen molar-refractivity contribution in [3.63, 3.8) is 0 Å². The Morgan fingerprint density at radius 2 is 1.81 bits per heavy atom. The zero-order valence-electron chi connectivity index (χ0n) is 19.7. The SMILES string of the molecule is O=C(CN1CCNCC1)NC(Sc1ncccc1C(=O)Nc1cccc(C(F)(F)F)c1)c1ccncc1. The van der Waals surface area contributed by atoms with Crippen LogP contribution in [0.5, 0.6) is 0 Å². The number of halogens is 3. The van der Waals surface area contributed by atoms with E-state index in [4.69, 9.17) is 0 Å². The lowest BCUT2D eigenvalue weighted by Crippen LogP contribution is -2.47. The van der Waals surface area contributed by atoms with Crippen LogP contribution in [-0.4, -0.2) is 59.4 Å². The molecule has 8 nitrogen and oxygen atoms in total. The molecule has 1 aromatic carbocycles. The summed E-state index contributed by atoms with van der Waals surface area (Å²) in [6.45, 7) is 3.39. The van der Waals surface area contributed by atoms with Crippen LogP contribution >= 0.6 is 11.8 Å². The molecule has 1 aliphatic heterocycles. The van der Waals surface area contributed by atoms with E-state index in [9.17, 15) is 22.8 Å². The van der Waals surface area contributed by atoms with Gasteiger partial charge in [0.2, 0.25) is 5.91 Å². The predicted octanol–water partition coefficient (Wildman–Crippen LogP) is 3.56. The highest BCUT2D eigenvalue weighted by Crippen LogP contribution is 2.34. The summed E-state index contributed by atoms with van der Waals surface area (Å²) in [6, 6.07) is 11.0. The number of benzene rings is 1. The molecule has 1 atom stereocenters. The number of carbonyl (C=O) groups is 2. The number of carbonyl (C=O) groups excluding carboxylic acids is 2. The van der Waals surface area contributed by atoms with Crippen molar-refractivity contribution in [3.8, 4) is 0 Å². The van der Waals surface area contributed by atoms with E-state index in [0.717, 1.165) is 55.6 Å². The van der Waals surface area contributed by atoms with Gasteiger partial charge < -0.3 is 16.0 Å². The van der Waals surface area contributed by atoms with Gasteiger partial charge >= 0.3 is 6.18 Å². The second kappa shape index (κ2) is 12.2. The molecular formula is C25H25F3N6O2S. The van der Waals surface area contributed by atoms with Gasteiger partial charge in [0.25, 0.3) is 5.91 Å². The van der Waals surface area contributed by atoms with Crippen LogP contribution in [-0.2, 0) is 11.0 Å². The third-order valence-electron chi connectivity index (χ3n) is 5.57. The quantitative estimate of drug-likeness (QED) is 0.303. The fourth-order valence-corrected chi connectivity index (χ4v) is 4.84. The topological polar surface area (TPSA) is 99.3 Å². The highest BCUT2D eigenvalue weighted by molar-refractivity contribution is 7.99. The minimum absolute atomic E-state index is 0.00892. The Balaban J connectivity index is 1.52. The van der Waals surface area contributed by atoms with Crippen LogP contribution in [0.15, 0.2) is 72.1 Å². The van der Waals surface area contributed by atoms with Crippen LogP contribution < -0.4 is 16.0 Å². The Kier molecular flexibility index (Phi) is 8.74.